The average molecular weight is 596 g/mol. The van der Waals surface area contributed by atoms with E-state index in [1.54, 1.807) is 35.0 Å². The van der Waals surface area contributed by atoms with E-state index in [0.29, 0.717) is 59.0 Å². The van der Waals surface area contributed by atoms with E-state index < -0.39 is 6.09 Å². The molecule has 3 aromatic heterocycles. The Kier molecular flexibility index (Phi) is 8.32. The summed E-state index contributed by atoms with van der Waals surface area (Å²) in [5.41, 5.74) is 3.38. The summed E-state index contributed by atoms with van der Waals surface area (Å²) in [6.45, 7) is 11.7. The molecule has 4 aliphatic rings. The summed E-state index contributed by atoms with van der Waals surface area (Å²) in [4.78, 5) is 30.8. The Balaban J connectivity index is 1.15. The fraction of sp³-hybridized carbons (Fsp3) is 0.406. The summed E-state index contributed by atoms with van der Waals surface area (Å²) in [6.07, 6.45) is 9.48. The number of allylic oxidation sites excluding steroid dienone is 2. The van der Waals surface area contributed by atoms with E-state index >= 15 is 0 Å². The number of carbonyl (C=O) groups excluding carboxylic acids is 1. The number of aromatic nitrogens is 3. The molecule has 2 unspecified atom stereocenters. The van der Waals surface area contributed by atoms with E-state index in [4.69, 9.17) is 14.5 Å². The zero-order chi connectivity index (χ0) is 30.8. The third-order valence-corrected chi connectivity index (χ3v) is 8.67. The van der Waals surface area contributed by atoms with Gasteiger partial charge in [-0.2, -0.15) is 10.4 Å². The zero-order valence-electron chi connectivity index (χ0n) is 25.4. The average Bonchev–Trinajstić information content (AvgIpc) is 3.47. The van der Waals surface area contributed by atoms with Crippen LogP contribution in [0.15, 0.2) is 60.3 Å². The Morgan fingerprint density at radius 1 is 1.18 bits per heavy atom. The van der Waals surface area contributed by atoms with Crippen molar-refractivity contribution in [1.82, 2.24) is 34.2 Å². The first-order valence-electron chi connectivity index (χ1n) is 14.8. The summed E-state index contributed by atoms with van der Waals surface area (Å²) in [7, 11) is 3.66. The predicted molar refractivity (Wildman–Crippen MR) is 166 cm³/mol. The van der Waals surface area contributed by atoms with Crippen LogP contribution in [-0.4, -0.2) is 112 Å². The van der Waals surface area contributed by atoms with Crippen LogP contribution in [0.2, 0.25) is 0 Å². The van der Waals surface area contributed by atoms with Crippen LogP contribution in [-0.2, 0) is 6.54 Å². The van der Waals surface area contributed by atoms with Gasteiger partial charge in [0.25, 0.3) is 0 Å². The number of nitrogens with zero attached hydrogens (tertiary/aromatic N) is 9. The first-order chi connectivity index (χ1) is 21.4. The van der Waals surface area contributed by atoms with Gasteiger partial charge in [0, 0.05) is 81.9 Å². The number of amides is 1. The summed E-state index contributed by atoms with van der Waals surface area (Å²) < 4.78 is 12.5. The van der Waals surface area contributed by atoms with Crippen molar-refractivity contribution in [3.8, 4) is 17.7 Å². The number of methoxy groups -OCH3 is 1. The molecule has 228 valence electrons. The number of pyridine rings is 2. The summed E-state index contributed by atoms with van der Waals surface area (Å²) >= 11 is 0. The van der Waals surface area contributed by atoms with Gasteiger partial charge in [0.15, 0.2) is 5.75 Å². The maximum Gasteiger partial charge on any atom is 0.415 e. The molecule has 0 saturated carbocycles. The monoisotopic (exact) mass is 595 g/mol. The molecule has 7 heterocycles. The highest BCUT2D eigenvalue weighted by atomic mass is 16.6. The third-order valence-electron chi connectivity index (χ3n) is 8.67. The molecule has 44 heavy (non-hydrogen) atoms. The zero-order valence-corrected chi connectivity index (χ0v) is 25.4. The van der Waals surface area contributed by atoms with Crippen LogP contribution in [0.25, 0.3) is 11.1 Å². The number of ether oxygens (including phenoxy) is 2. The minimum absolute atomic E-state index is 0.327. The second kappa shape index (κ2) is 12.5. The quantitative estimate of drug-likeness (QED) is 0.362. The number of aliphatic imine (C=N–C) groups is 1. The topological polar surface area (TPSA) is 115 Å². The third kappa shape index (κ3) is 5.89. The smallest absolute Gasteiger partial charge is 0.415 e. The van der Waals surface area contributed by atoms with Gasteiger partial charge in [0.1, 0.15) is 11.9 Å². The number of carbonyl (C=O) groups is 1. The fourth-order valence-corrected chi connectivity index (χ4v) is 6.15. The van der Waals surface area contributed by atoms with Crippen LogP contribution in [0.4, 0.5) is 4.79 Å². The first-order valence-corrected chi connectivity index (χ1v) is 14.8. The van der Waals surface area contributed by atoms with E-state index in [9.17, 15) is 10.1 Å². The predicted octanol–water partition coefficient (Wildman–Crippen LogP) is 3.26. The van der Waals surface area contributed by atoms with Crippen molar-refractivity contribution in [2.24, 2.45) is 4.99 Å². The second-order valence-electron chi connectivity index (χ2n) is 11.5. The molecule has 0 radical (unpaired) electrons. The number of hydrogen-bond donors (Lipinski definition) is 0. The van der Waals surface area contributed by atoms with Crippen LogP contribution < -0.4 is 9.47 Å². The molecule has 0 N–H and O–H groups in total. The number of fused-ring (bicyclic) bond motifs is 3. The highest BCUT2D eigenvalue weighted by Gasteiger charge is 2.44. The molecule has 2 bridgehead atoms. The van der Waals surface area contributed by atoms with Crippen molar-refractivity contribution in [2.75, 3.05) is 53.4 Å². The Hall–Kier alpha value is -4.73. The van der Waals surface area contributed by atoms with Crippen molar-refractivity contribution in [3.63, 3.8) is 0 Å². The van der Waals surface area contributed by atoms with E-state index in [-0.39, 0.29) is 0 Å². The normalized spacial score (nSPS) is 20.9. The summed E-state index contributed by atoms with van der Waals surface area (Å²) in [6, 6.07) is 8.80. The van der Waals surface area contributed by atoms with Crippen molar-refractivity contribution in [2.45, 2.75) is 32.0 Å². The number of hydrogen-bond acceptors (Lipinski definition) is 10. The number of nitriles is 1. The molecule has 12 heteroatoms. The van der Waals surface area contributed by atoms with Gasteiger partial charge in [0.2, 0.25) is 5.88 Å². The molecular weight excluding hydrogens is 558 g/mol. The molecule has 12 nitrogen and oxygen atoms in total. The second-order valence-corrected chi connectivity index (χ2v) is 11.5. The summed E-state index contributed by atoms with van der Waals surface area (Å²) in [5, 5.41) is 14.1. The first kappa shape index (κ1) is 29.3. The Morgan fingerprint density at radius 2 is 1.95 bits per heavy atom. The maximum absolute atomic E-state index is 12.9. The molecule has 0 aromatic carbocycles. The van der Waals surface area contributed by atoms with Gasteiger partial charge in [0.05, 0.1) is 30.6 Å². The van der Waals surface area contributed by atoms with Crippen LogP contribution >= 0.6 is 0 Å². The molecule has 2 atom stereocenters. The van der Waals surface area contributed by atoms with Crippen molar-refractivity contribution in [3.05, 3.63) is 72.0 Å². The van der Waals surface area contributed by atoms with E-state index in [1.807, 2.05) is 32.3 Å². The van der Waals surface area contributed by atoms with Crippen molar-refractivity contribution in [1.29, 1.82) is 5.26 Å². The molecule has 0 aliphatic carbocycles. The maximum atomic E-state index is 12.9. The lowest BCUT2D eigenvalue weighted by atomic mass is 9.87. The van der Waals surface area contributed by atoms with Gasteiger partial charge in [-0.3, -0.25) is 4.90 Å². The number of piperazine rings is 2. The molecule has 4 saturated heterocycles. The molecule has 1 amide bonds. The van der Waals surface area contributed by atoms with E-state index in [1.165, 1.54) is 18.2 Å². The lowest BCUT2D eigenvalue weighted by Gasteiger charge is -2.57. The minimum atomic E-state index is -0.410. The van der Waals surface area contributed by atoms with Gasteiger partial charge in [-0.25, -0.2) is 19.3 Å². The van der Waals surface area contributed by atoms with Gasteiger partial charge < -0.3 is 24.2 Å². The summed E-state index contributed by atoms with van der Waals surface area (Å²) in [5.74, 6) is 1.82. The largest absolute Gasteiger partial charge is 0.481 e. The molecule has 4 fully saturated rings. The SMILES string of the molecule is C=C(/C=N\C(=C/C)N1CC2CC(C1)N2Cc1ccc(OC)nc1)c1cc(OC(=O)N2CCN(C)CC2)cn2ncc(C#N)c12. The van der Waals surface area contributed by atoms with Gasteiger partial charge in [-0.15, -0.1) is 0 Å². The van der Waals surface area contributed by atoms with Crippen molar-refractivity contribution >= 4 is 23.4 Å². The van der Waals surface area contributed by atoms with Crippen LogP contribution in [0, 0.1) is 11.3 Å². The molecule has 0 spiro atoms. The fourth-order valence-electron chi connectivity index (χ4n) is 6.15. The highest BCUT2D eigenvalue weighted by Crippen LogP contribution is 2.35. The van der Waals surface area contributed by atoms with Crippen LogP contribution in [0.1, 0.15) is 30.0 Å². The number of rotatable bonds is 8. The molecular formula is C32H37N9O3. The Labute approximate surface area is 257 Å². The Morgan fingerprint density at radius 3 is 2.61 bits per heavy atom. The van der Waals surface area contributed by atoms with Gasteiger partial charge in [-0.1, -0.05) is 12.6 Å². The lowest BCUT2D eigenvalue weighted by molar-refractivity contribution is -0.0645. The number of likely N-dealkylation sites (N-methyl/N-ethyl adjacent to an activating group) is 1. The van der Waals surface area contributed by atoms with Crippen LogP contribution in [0.3, 0.4) is 0 Å². The molecule has 7 rings (SSSR count). The van der Waals surface area contributed by atoms with Crippen molar-refractivity contribution < 1.29 is 14.3 Å². The number of piperidine rings is 1. The van der Waals surface area contributed by atoms with Gasteiger partial charge in [-0.05, 0) is 43.7 Å². The minimum Gasteiger partial charge on any atom is -0.481 e. The highest BCUT2D eigenvalue weighted by molar-refractivity contribution is 6.12. The van der Waals surface area contributed by atoms with Crippen LogP contribution in [0.5, 0.6) is 11.6 Å². The standard InChI is InChI=1S/C32H37N9O3/c1-5-29(39-19-25-12-26(20-39)40(25)18-23-6-7-30(43-4)35-16-23)34-15-22(2)28-13-27(21-41-31(28)24(14-33)17-36-41)44-32(42)38-10-8-37(3)9-11-38/h5-7,13,15-17,21,25-26H,2,8-12,18-20H2,1,3-4H3/b29-5+,34-15-. The molecule has 4 aliphatic heterocycles. The lowest BCUT2D eigenvalue weighted by Crippen LogP contribution is -2.67. The van der Waals surface area contributed by atoms with Gasteiger partial charge >= 0.3 is 6.09 Å². The molecule has 3 aromatic rings. The van der Waals surface area contributed by atoms with E-state index in [2.05, 4.69) is 43.5 Å². The Bertz CT molecular complexity index is 1640. The van der Waals surface area contributed by atoms with E-state index in [0.717, 1.165) is 38.5 Å².